The number of hydrogen-bond donors (Lipinski definition) is 0. The fourth-order valence-corrected chi connectivity index (χ4v) is 3.26. The Labute approximate surface area is 170 Å². The van der Waals surface area contributed by atoms with E-state index in [1.165, 1.54) is 32.2 Å². The summed E-state index contributed by atoms with van der Waals surface area (Å²) in [5.74, 6) is -12.1. The highest BCUT2D eigenvalue weighted by molar-refractivity contribution is 6.36. The molecule has 0 saturated heterocycles. The van der Waals surface area contributed by atoms with Gasteiger partial charge in [-0.15, -0.1) is 0 Å². The van der Waals surface area contributed by atoms with Crippen LogP contribution in [0, 0.1) is 29.1 Å². The summed E-state index contributed by atoms with van der Waals surface area (Å²) in [7, 11) is 1.32. The Morgan fingerprint density at radius 1 is 1.00 bits per heavy atom. The normalized spacial score (nSPS) is 15.3. The monoisotopic (exact) mass is 450 g/mol. The first-order chi connectivity index (χ1) is 13.6. The van der Waals surface area contributed by atoms with E-state index >= 15 is 0 Å². The molecule has 2 aromatic rings. The van der Waals surface area contributed by atoms with E-state index in [0.29, 0.717) is 0 Å². The van der Waals surface area contributed by atoms with Crippen molar-refractivity contribution in [2.75, 3.05) is 12.1 Å². The van der Waals surface area contributed by atoms with Gasteiger partial charge in [0.2, 0.25) is 5.82 Å². The smallest absolute Gasteiger partial charge is 0.280 e. The molecule has 29 heavy (non-hydrogen) atoms. The molecule has 152 valence electrons. The van der Waals surface area contributed by atoms with Gasteiger partial charge in [0.25, 0.3) is 5.91 Å². The summed E-state index contributed by atoms with van der Waals surface area (Å²) < 4.78 is 73.6. The highest BCUT2D eigenvalue weighted by Crippen LogP contribution is 2.37. The minimum Gasteiger partial charge on any atom is -0.495 e. The Bertz CT molecular complexity index is 1090. The van der Waals surface area contributed by atoms with E-state index in [1.54, 1.807) is 0 Å². The maximum absolute atomic E-state index is 14.1. The molecule has 0 unspecified atom stereocenters. The van der Waals surface area contributed by atoms with E-state index in [-0.39, 0.29) is 37.7 Å². The third-order valence-electron chi connectivity index (χ3n) is 4.00. The lowest BCUT2D eigenvalue weighted by Crippen LogP contribution is -2.25. The van der Waals surface area contributed by atoms with Crippen molar-refractivity contribution in [2.45, 2.75) is 6.92 Å². The van der Waals surface area contributed by atoms with Crippen molar-refractivity contribution in [1.82, 2.24) is 0 Å². The molecule has 0 saturated carbocycles. The SMILES string of the molecule is COc1c(Cl)cc(Cl)cc1/C=C1\C(=O)N(c2c(F)c(F)c(F)c(F)c2F)N=C1C. The van der Waals surface area contributed by atoms with Crippen LogP contribution in [0.15, 0.2) is 22.8 Å². The summed E-state index contributed by atoms with van der Waals surface area (Å²) in [4.78, 5) is 12.7. The molecule has 0 radical (unpaired) electrons. The number of hydrogen-bond acceptors (Lipinski definition) is 3. The molecular formula is C18H9Cl2F5N2O2. The zero-order chi connectivity index (χ0) is 21.6. The van der Waals surface area contributed by atoms with Crippen LogP contribution in [-0.2, 0) is 4.79 Å². The Morgan fingerprint density at radius 3 is 2.10 bits per heavy atom. The molecule has 0 aliphatic carbocycles. The summed E-state index contributed by atoms with van der Waals surface area (Å²) in [6.07, 6.45) is 1.23. The lowest BCUT2D eigenvalue weighted by Gasteiger charge is -2.15. The Kier molecular flexibility index (Phi) is 5.55. The van der Waals surface area contributed by atoms with Crippen molar-refractivity contribution in [1.29, 1.82) is 0 Å². The van der Waals surface area contributed by atoms with Crippen molar-refractivity contribution in [3.63, 3.8) is 0 Å². The molecule has 11 heteroatoms. The molecule has 1 aliphatic rings. The van der Waals surface area contributed by atoms with Crippen molar-refractivity contribution >= 4 is 46.6 Å². The summed E-state index contributed by atoms with van der Waals surface area (Å²) in [6.45, 7) is 1.31. The molecule has 0 fully saturated rings. The Balaban J connectivity index is 2.14. The summed E-state index contributed by atoms with van der Waals surface area (Å²) >= 11 is 12.0. The Hall–Kier alpha value is -2.65. The van der Waals surface area contributed by atoms with Gasteiger partial charge in [-0.05, 0) is 25.1 Å². The summed E-state index contributed by atoms with van der Waals surface area (Å²) in [5.41, 5.74) is -1.48. The van der Waals surface area contributed by atoms with Crippen LogP contribution in [-0.4, -0.2) is 18.7 Å². The van der Waals surface area contributed by atoms with Crippen molar-refractivity contribution < 1.29 is 31.5 Å². The molecule has 1 heterocycles. The largest absolute Gasteiger partial charge is 0.495 e. The van der Waals surface area contributed by atoms with Crippen LogP contribution in [0.5, 0.6) is 5.75 Å². The average molecular weight is 451 g/mol. The number of methoxy groups -OCH3 is 1. The third kappa shape index (κ3) is 3.44. The predicted molar refractivity (Wildman–Crippen MR) is 97.8 cm³/mol. The number of anilines is 1. The predicted octanol–water partition coefficient (Wildman–Crippen LogP) is 5.50. The van der Waals surface area contributed by atoms with E-state index in [9.17, 15) is 26.7 Å². The highest BCUT2D eigenvalue weighted by Gasteiger charge is 2.37. The van der Waals surface area contributed by atoms with Crippen LogP contribution in [0.1, 0.15) is 12.5 Å². The van der Waals surface area contributed by atoms with E-state index in [2.05, 4.69) is 5.10 Å². The van der Waals surface area contributed by atoms with E-state index in [0.717, 1.165) is 0 Å². The first-order valence-electron chi connectivity index (χ1n) is 7.74. The number of carbonyl (C=O) groups excluding carboxylic acids is 1. The second kappa shape index (κ2) is 7.64. The topological polar surface area (TPSA) is 41.9 Å². The van der Waals surface area contributed by atoms with Gasteiger partial charge >= 0.3 is 0 Å². The lowest BCUT2D eigenvalue weighted by atomic mass is 10.1. The number of carbonyl (C=O) groups is 1. The minimum atomic E-state index is -2.34. The van der Waals surface area contributed by atoms with E-state index < -0.39 is 40.7 Å². The van der Waals surface area contributed by atoms with E-state index in [4.69, 9.17) is 27.9 Å². The van der Waals surface area contributed by atoms with Gasteiger partial charge in [-0.25, -0.2) is 22.0 Å². The van der Waals surface area contributed by atoms with Crippen LogP contribution in [0.2, 0.25) is 10.0 Å². The number of nitrogens with zero attached hydrogens (tertiary/aromatic N) is 2. The lowest BCUT2D eigenvalue weighted by molar-refractivity contribution is -0.114. The van der Waals surface area contributed by atoms with Gasteiger partial charge in [0.1, 0.15) is 11.4 Å². The average Bonchev–Trinajstić information content (AvgIpc) is 2.93. The van der Waals surface area contributed by atoms with Gasteiger partial charge < -0.3 is 4.74 Å². The quantitative estimate of drug-likeness (QED) is 0.268. The first-order valence-corrected chi connectivity index (χ1v) is 8.50. The molecule has 3 rings (SSSR count). The van der Waals surface area contributed by atoms with E-state index in [1.807, 2.05) is 0 Å². The molecular weight excluding hydrogens is 442 g/mol. The zero-order valence-electron chi connectivity index (χ0n) is 14.6. The molecule has 2 aromatic carbocycles. The maximum atomic E-state index is 14.1. The fourth-order valence-electron chi connectivity index (χ4n) is 2.67. The molecule has 1 amide bonds. The Morgan fingerprint density at radius 2 is 1.55 bits per heavy atom. The van der Waals surface area contributed by atoms with Crippen molar-refractivity contribution in [2.24, 2.45) is 5.10 Å². The van der Waals surface area contributed by atoms with Crippen LogP contribution in [0.3, 0.4) is 0 Å². The minimum absolute atomic E-state index is 0.0444. The standard InChI is InChI=1S/C18H9Cl2F5N2O2/c1-6-9(4-7-3-8(19)5-10(20)17(7)29-2)18(28)27(26-6)16-14(24)12(22)11(21)13(23)15(16)25/h3-5H,1-2H3/b9-4-. The van der Waals surface area contributed by atoms with Crippen LogP contribution < -0.4 is 9.75 Å². The maximum Gasteiger partial charge on any atom is 0.280 e. The van der Waals surface area contributed by atoms with Gasteiger partial charge in [-0.2, -0.15) is 10.1 Å². The second-order valence-corrected chi connectivity index (χ2v) is 6.63. The molecule has 0 aromatic heterocycles. The summed E-state index contributed by atoms with van der Waals surface area (Å²) in [6, 6.07) is 2.80. The van der Waals surface area contributed by atoms with Gasteiger partial charge in [0.05, 0.1) is 23.4 Å². The number of amides is 1. The van der Waals surface area contributed by atoms with Crippen LogP contribution in [0.25, 0.3) is 6.08 Å². The molecule has 0 atom stereocenters. The van der Waals surface area contributed by atoms with Crippen LogP contribution >= 0.6 is 23.2 Å². The number of rotatable bonds is 3. The third-order valence-corrected chi connectivity index (χ3v) is 4.50. The van der Waals surface area contributed by atoms with Gasteiger partial charge in [0, 0.05) is 10.6 Å². The number of hydrazone groups is 1. The van der Waals surface area contributed by atoms with Gasteiger partial charge in [-0.3, -0.25) is 4.79 Å². The van der Waals surface area contributed by atoms with Gasteiger partial charge in [-0.1, -0.05) is 23.2 Å². The molecule has 1 aliphatic heterocycles. The first kappa shape index (κ1) is 21.1. The number of halogens is 7. The second-order valence-electron chi connectivity index (χ2n) is 5.79. The number of ether oxygens (including phenoxy) is 1. The molecule has 0 bridgehead atoms. The van der Waals surface area contributed by atoms with Crippen LogP contribution in [0.4, 0.5) is 27.6 Å². The number of benzene rings is 2. The zero-order valence-corrected chi connectivity index (χ0v) is 16.1. The van der Waals surface area contributed by atoms with Crippen molar-refractivity contribution in [3.05, 3.63) is 62.4 Å². The molecule has 4 nitrogen and oxygen atoms in total. The summed E-state index contributed by atoms with van der Waals surface area (Å²) in [5, 5.41) is 4.08. The molecule has 0 N–H and O–H groups in total. The highest BCUT2D eigenvalue weighted by atomic mass is 35.5. The van der Waals surface area contributed by atoms with Crippen molar-refractivity contribution in [3.8, 4) is 5.75 Å². The van der Waals surface area contributed by atoms with Gasteiger partial charge in [0.15, 0.2) is 23.3 Å². The fraction of sp³-hybridized carbons (Fsp3) is 0.111. The molecule has 0 spiro atoms.